The lowest BCUT2D eigenvalue weighted by atomic mass is 10.2. The van der Waals surface area contributed by atoms with E-state index in [4.69, 9.17) is 0 Å². The highest BCUT2D eigenvalue weighted by Crippen LogP contribution is 2.31. The molecule has 1 saturated carbocycles. The molecule has 2 rings (SSSR count). The van der Waals surface area contributed by atoms with Gasteiger partial charge in [-0.2, -0.15) is 0 Å². The van der Waals surface area contributed by atoms with E-state index < -0.39 is 0 Å². The smallest absolute Gasteiger partial charge is 0.136 e. The molecule has 2 heteroatoms. The van der Waals surface area contributed by atoms with Crippen LogP contribution in [0.25, 0.3) is 0 Å². The molecule has 0 unspecified atom stereocenters. The largest absolute Gasteiger partial charge is 0.299 e. The summed E-state index contributed by atoms with van der Waals surface area (Å²) in [6.07, 6.45) is 3.01. The highest BCUT2D eigenvalue weighted by Gasteiger charge is 2.28. The molecule has 0 radical (unpaired) electrons. The van der Waals surface area contributed by atoms with E-state index in [1.165, 1.54) is 4.90 Å². The maximum atomic E-state index is 11.4. The summed E-state index contributed by atoms with van der Waals surface area (Å²) < 4.78 is 0. The molecule has 0 spiro atoms. The molecule has 0 amide bonds. The Kier molecular flexibility index (Phi) is 3.25. The van der Waals surface area contributed by atoms with Gasteiger partial charge >= 0.3 is 0 Å². The van der Waals surface area contributed by atoms with E-state index in [2.05, 4.69) is 12.1 Å². The highest BCUT2D eigenvalue weighted by atomic mass is 32.2. The van der Waals surface area contributed by atoms with Crippen LogP contribution in [-0.4, -0.2) is 11.5 Å². The number of carbonyl (C=O) groups excluding carboxylic acids is 1. The van der Waals surface area contributed by atoms with Crippen LogP contribution in [-0.2, 0) is 4.79 Å². The number of Topliss-reactive ketones (excluding diaryl/α,β-unsaturated/α-hetero) is 1. The topological polar surface area (TPSA) is 17.1 Å². The Morgan fingerprint density at radius 2 is 2.00 bits per heavy atom. The lowest BCUT2D eigenvalue weighted by Crippen LogP contribution is -2.00. The lowest BCUT2D eigenvalue weighted by molar-refractivity contribution is -0.119. The Labute approximate surface area is 88.9 Å². The fourth-order valence-corrected chi connectivity index (χ4v) is 2.28. The van der Waals surface area contributed by atoms with E-state index in [0.29, 0.717) is 11.7 Å². The van der Waals surface area contributed by atoms with Gasteiger partial charge in [0.25, 0.3) is 0 Å². The highest BCUT2D eigenvalue weighted by molar-refractivity contribution is 7.99. The van der Waals surface area contributed by atoms with Gasteiger partial charge < -0.3 is 0 Å². The van der Waals surface area contributed by atoms with Crippen molar-refractivity contribution in [3.8, 4) is 0 Å². The van der Waals surface area contributed by atoms with Crippen molar-refractivity contribution in [2.45, 2.75) is 24.2 Å². The molecular formula is C12H14OS. The number of hydrogen-bond acceptors (Lipinski definition) is 2. The molecule has 74 valence electrons. The summed E-state index contributed by atoms with van der Waals surface area (Å²) in [7, 11) is 0. The Morgan fingerprint density at radius 1 is 1.29 bits per heavy atom. The van der Waals surface area contributed by atoms with Crippen molar-refractivity contribution in [1.82, 2.24) is 0 Å². The summed E-state index contributed by atoms with van der Waals surface area (Å²) in [6.45, 7) is 0. The normalized spacial score (nSPS) is 15.4. The first kappa shape index (κ1) is 9.78. The second kappa shape index (κ2) is 4.65. The van der Waals surface area contributed by atoms with Crippen molar-refractivity contribution in [3.05, 3.63) is 30.3 Å². The van der Waals surface area contributed by atoms with Crippen molar-refractivity contribution in [2.24, 2.45) is 5.92 Å². The SMILES string of the molecule is O=C(CCSc1ccccc1)C1CC1. The first-order valence-corrected chi connectivity index (χ1v) is 6.05. The van der Waals surface area contributed by atoms with Crippen LogP contribution in [0.3, 0.4) is 0 Å². The van der Waals surface area contributed by atoms with Gasteiger partial charge in [-0.1, -0.05) is 18.2 Å². The van der Waals surface area contributed by atoms with E-state index in [0.717, 1.165) is 25.0 Å². The molecule has 0 aromatic heterocycles. The monoisotopic (exact) mass is 206 g/mol. The number of rotatable bonds is 5. The van der Waals surface area contributed by atoms with Gasteiger partial charge in [0.05, 0.1) is 0 Å². The summed E-state index contributed by atoms with van der Waals surface area (Å²) in [5, 5.41) is 0. The average molecular weight is 206 g/mol. The van der Waals surface area contributed by atoms with Crippen LogP contribution in [0.1, 0.15) is 19.3 Å². The van der Waals surface area contributed by atoms with E-state index in [-0.39, 0.29) is 0 Å². The van der Waals surface area contributed by atoms with Gasteiger partial charge in [-0.05, 0) is 25.0 Å². The molecule has 0 saturated heterocycles. The fraction of sp³-hybridized carbons (Fsp3) is 0.417. The second-order valence-corrected chi connectivity index (χ2v) is 4.82. The van der Waals surface area contributed by atoms with E-state index >= 15 is 0 Å². The van der Waals surface area contributed by atoms with Crippen molar-refractivity contribution in [3.63, 3.8) is 0 Å². The molecule has 1 aliphatic carbocycles. The molecule has 1 aromatic rings. The number of thioether (sulfide) groups is 1. The summed E-state index contributed by atoms with van der Waals surface area (Å²) in [5.74, 6) is 1.82. The number of benzene rings is 1. The minimum absolute atomic E-state index is 0.423. The Bertz CT molecular complexity index is 303. The third-order valence-corrected chi connectivity index (χ3v) is 3.41. The predicted molar refractivity (Wildman–Crippen MR) is 59.5 cm³/mol. The minimum Gasteiger partial charge on any atom is -0.299 e. The first-order valence-electron chi connectivity index (χ1n) is 5.07. The maximum absolute atomic E-state index is 11.4. The summed E-state index contributed by atoms with van der Waals surface area (Å²) >= 11 is 1.77. The van der Waals surface area contributed by atoms with Gasteiger partial charge in [0, 0.05) is 23.0 Å². The minimum atomic E-state index is 0.423. The van der Waals surface area contributed by atoms with Crippen LogP contribution < -0.4 is 0 Å². The third-order valence-electron chi connectivity index (χ3n) is 2.39. The van der Waals surface area contributed by atoms with Crippen LogP contribution in [0, 0.1) is 5.92 Å². The van der Waals surface area contributed by atoms with Crippen LogP contribution >= 0.6 is 11.8 Å². The van der Waals surface area contributed by atoms with Gasteiger partial charge in [-0.15, -0.1) is 11.8 Å². The van der Waals surface area contributed by atoms with Crippen molar-refractivity contribution < 1.29 is 4.79 Å². The fourth-order valence-electron chi connectivity index (χ4n) is 1.40. The molecule has 0 bridgehead atoms. The quantitative estimate of drug-likeness (QED) is 0.688. The average Bonchev–Trinajstić information content (AvgIpc) is 3.02. The summed E-state index contributed by atoms with van der Waals surface area (Å²) in [4.78, 5) is 12.6. The summed E-state index contributed by atoms with van der Waals surface area (Å²) in [5.41, 5.74) is 0. The van der Waals surface area contributed by atoms with Gasteiger partial charge in [0.15, 0.2) is 0 Å². The van der Waals surface area contributed by atoms with E-state index in [9.17, 15) is 4.79 Å². The number of ketones is 1. The Morgan fingerprint density at radius 3 is 2.64 bits per heavy atom. The van der Waals surface area contributed by atoms with Gasteiger partial charge in [0.2, 0.25) is 0 Å². The second-order valence-electron chi connectivity index (χ2n) is 3.65. The van der Waals surface area contributed by atoms with Gasteiger partial charge in [-0.3, -0.25) is 4.79 Å². The molecule has 0 heterocycles. The molecule has 14 heavy (non-hydrogen) atoms. The standard InChI is InChI=1S/C12H14OS/c13-12(10-6-7-10)8-9-14-11-4-2-1-3-5-11/h1-5,10H,6-9H2. The van der Waals surface area contributed by atoms with Crippen molar-refractivity contribution >= 4 is 17.5 Å². The summed E-state index contributed by atoms with van der Waals surface area (Å²) in [6, 6.07) is 10.3. The van der Waals surface area contributed by atoms with Crippen LogP contribution in [0.2, 0.25) is 0 Å². The first-order chi connectivity index (χ1) is 6.86. The number of carbonyl (C=O) groups is 1. The molecule has 0 aliphatic heterocycles. The molecular weight excluding hydrogens is 192 g/mol. The molecule has 1 aromatic carbocycles. The molecule has 1 fully saturated rings. The number of hydrogen-bond donors (Lipinski definition) is 0. The zero-order valence-corrected chi connectivity index (χ0v) is 8.93. The van der Waals surface area contributed by atoms with E-state index in [1.54, 1.807) is 11.8 Å². The molecule has 1 aliphatic rings. The lowest BCUT2D eigenvalue weighted by Gasteiger charge is -1.99. The van der Waals surface area contributed by atoms with Crippen LogP contribution in [0.5, 0.6) is 0 Å². The molecule has 1 nitrogen and oxygen atoms in total. The zero-order chi connectivity index (χ0) is 9.80. The van der Waals surface area contributed by atoms with Gasteiger partial charge in [0.1, 0.15) is 5.78 Å². The Hall–Kier alpha value is -0.760. The van der Waals surface area contributed by atoms with Crippen LogP contribution in [0.4, 0.5) is 0 Å². The van der Waals surface area contributed by atoms with Crippen LogP contribution in [0.15, 0.2) is 35.2 Å². The molecule has 0 atom stereocenters. The Balaban J connectivity index is 1.70. The zero-order valence-electron chi connectivity index (χ0n) is 8.11. The maximum Gasteiger partial charge on any atom is 0.136 e. The van der Waals surface area contributed by atoms with E-state index in [1.807, 2.05) is 18.2 Å². The van der Waals surface area contributed by atoms with Crippen molar-refractivity contribution in [2.75, 3.05) is 5.75 Å². The molecule has 0 N–H and O–H groups in total. The predicted octanol–water partition coefficient (Wildman–Crippen LogP) is 3.15. The third kappa shape index (κ3) is 2.88. The van der Waals surface area contributed by atoms with Crippen molar-refractivity contribution in [1.29, 1.82) is 0 Å². The van der Waals surface area contributed by atoms with Gasteiger partial charge in [-0.25, -0.2) is 0 Å².